The number of halogens is 1. The van der Waals surface area contributed by atoms with Crippen molar-refractivity contribution in [3.05, 3.63) is 29.3 Å². The van der Waals surface area contributed by atoms with E-state index in [-0.39, 0.29) is 12.5 Å². The molecular weight excluding hydrogens is 266 g/mol. The third-order valence-corrected chi connectivity index (χ3v) is 2.66. The minimum absolute atomic E-state index is 0.0700. The molecule has 1 N–H and O–H groups in total. The van der Waals surface area contributed by atoms with E-state index in [9.17, 15) is 4.79 Å². The summed E-state index contributed by atoms with van der Waals surface area (Å²) in [6.07, 6.45) is 0.895. The van der Waals surface area contributed by atoms with Crippen LogP contribution in [0.25, 0.3) is 11.4 Å². The van der Waals surface area contributed by atoms with Gasteiger partial charge in [-0.25, -0.2) is 0 Å². The summed E-state index contributed by atoms with van der Waals surface area (Å²) in [6, 6.07) is 7.12. The summed E-state index contributed by atoms with van der Waals surface area (Å²) in [6.45, 7) is 2.71. The topological polar surface area (TPSA) is 72.7 Å². The molecule has 0 saturated heterocycles. The molecule has 2 rings (SSSR count). The van der Waals surface area contributed by atoms with E-state index < -0.39 is 0 Å². The SMILES string of the molecule is CCCNC(=O)Cn1nnc(-c2ccc(Cl)cc2)n1. The molecule has 1 heterocycles. The lowest BCUT2D eigenvalue weighted by atomic mass is 10.2. The summed E-state index contributed by atoms with van der Waals surface area (Å²) >= 11 is 5.81. The van der Waals surface area contributed by atoms with Crippen LogP contribution < -0.4 is 5.32 Å². The van der Waals surface area contributed by atoms with Gasteiger partial charge in [0.15, 0.2) is 0 Å². The molecule has 0 spiro atoms. The highest BCUT2D eigenvalue weighted by atomic mass is 35.5. The van der Waals surface area contributed by atoms with Crippen molar-refractivity contribution < 1.29 is 4.79 Å². The van der Waals surface area contributed by atoms with E-state index in [1.165, 1.54) is 4.80 Å². The molecule has 2 aromatic rings. The molecular formula is C12H14ClN5O. The van der Waals surface area contributed by atoms with Crippen LogP contribution in [-0.4, -0.2) is 32.7 Å². The molecule has 0 aliphatic carbocycles. The average Bonchev–Trinajstić information content (AvgIpc) is 2.85. The number of nitrogens with zero attached hydrogens (tertiary/aromatic N) is 4. The molecule has 0 unspecified atom stereocenters. The first-order chi connectivity index (χ1) is 9.19. The van der Waals surface area contributed by atoms with Gasteiger partial charge in [0.05, 0.1) is 0 Å². The summed E-state index contributed by atoms with van der Waals surface area (Å²) in [5, 5.41) is 15.3. The monoisotopic (exact) mass is 279 g/mol. The Hall–Kier alpha value is -1.95. The first-order valence-electron chi connectivity index (χ1n) is 5.99. The van der Waals surface area contributed by atoms with Crippen LogP contribution in [0.1, 0.15) is 13.3 Å². The average molecular weight is 280 g/mol. The van der Waals surface area contributed by atoms with Gasteiger partial charge in [-0.15, -0.1) is 10.2 Å². The summed E-state index contributed by atoms with van der Waals surface area (Å²) in [5.41, 5.74) is 0.810. The van der Waals surface area contributed by atoms with Crippen molar-refractivity contribution in [3.8, 4) is 11.4 Å². The normalized spacial score (nSPS) is 10.4. The Morgan fingerprint density at radius 1 is 1.37 bits per heavy atom. The molecule has 19 heavy (non-hydrogen) atoms. The quantitative estimate of drug-likeness (QED) is 0.901. The highest BCUT2D eigenvalue weighted by molar-refractivity contribution is 6.30. The molecule has 6 nitrogen and oxygen atoms in total. The Bertz CT molecular complexity index is 552. The summed E-state index contributed by atoms with van der Waals surface area (Å²) in [7, 11) is 0. The zero-order valence-electron chi connectivity index (χ0n) is 10.5. The van der Waals surface area contributed by atoms with E-state index in [1.807, 2.05) is 6.92 Å². The Morgan fingerprint density at radius 2 is 2.11 bits per heavy atom. The van der Waals surface area contributed by atoms with Crippen molar-refractivity contribution >= 4 is 17.5 Å². The summed E-state index contributed by atoms with van der Waals surface area (Å²) < 4.78 is 0. The number of aromatic nitrogens is 4. The van der Waals surface area contributed by atoms with Gasteiger partial charge in [0.1, 0.15) is 6.54 Å². The molecule has 1 amide bonds. The maximum Gasteiger partial charge on any atom is 0.243 e. The second kappa shape index (κ2) is 6.29. The van der Waals surface area contributed by atoms with Crippen molar-refractivity contribution in [2.24, 2.45) is 0 Å². The highest BCUT2D eigenvalue weighted by Gasteiger charge is 2.08. The largest absolute Gasteiger partial charge is 0.354 e. The van der Waals surface area contributed by atoms with Crippen molar-refractivity contribution in [1.29, 1.82) is 0 Å². The standard InChI is InChI=1S/C12H14ClN5O/c1-2-7-14-11(19)8-18-16-12(15-17-18)9-3-5-10(13)6-4-9/h3-6H,2,7-8H2,1H3,(H,14,19). The fourth-order valence-corrected chi connectivity index (χ4v) is 1.60. The predicted octanol–water partition coefficient (Wildman–Crippen LogP) is 1.52. The van der Waals surface area contributed by atoms with Crippen LogP contribution >= 0.6 is 11.6 Å². The molecule has 0 aliphatic rings. The maximum atomic E-state index is 11.5. The van der Waals surface area contributed by atoms with Crippen LogP contribution in [0.3, 0.4) is 0 Å². The molecule has 0 atom stereocenters. The van der Waals surface area contributed by atoms with Gasteiger partial charge in [-0.2, -0.15) is 4.80 Å². The Labute approximate surface area is 115 Å². The van der Waals surface area contributed by atoms with E-state index in [0.29, 0.717) is 17.4 Å². The second-order valence-electron chi connectivity index (χ2n) is 4.00. The second-order valence-corrected chi connectivity index (χ2v) is 4.44. The maximum absolute atomic E-state index is 11.5. The molecule has 0 saturated carbocycles. The fraction of sp³-hybridized carbons (Fsp3) is 0.333. The number of carbonyl (C=O) groups excluding carboxylic acids is 1. The number of rotatable bonds is 5. The number of hydrogen-bond donors (Lipinski definition) is 1. The van der Waals surface area contributed by atoms with Gasteiger partial charge < -0.3 is 5.32 Å². The van der Waals surface area contributed by atoms with Gasteiger partial charge in [0.25, 0.3) is 0 Å². The minimum atomic E-state index is -0.123. The third kappa shape index (κ3) is 3.75. The molecule has 0 radical (unpaired) electrons. The van der Waals surface area contributed by atoms with Crippen LogP contribution in [0, 0.1) is 0 Å². The third-order valence-electron chi connectivity index (χ3n) is 2.41. The van der Waals surface area contributed by atoms with Gasteiger partial charge in [-0.05, 0) is 35.9 Å². The summed E-state index contributed by atoms with van der Waals surface area (Å²) in [4.78, 5) is 12.8. The van der Waals surface area contributed by atoms with Gasteiger partial charge in [0.2, 0.25) is 11.7 Å². The number of carbonyl (C=O) groups is 1. The molecule has 1 aromatic carbocycles. The molecule has 0 fully saturated rings. The number of benzene rings is 1. The van der Waals surface area contributed by atoms with Gasteiger partial charge >= 0.3 is 0 Å². The molecule has 0 aliphatic heterocycles. The highest BCUT2D eigenvalue weighted by Crippen LogP contribution is 2.16. The van der Waals surface area contributed by atoms with Gasteiger partial charge in [-0.1, -0.05) is 18.5 Å². The van der Waals surface area contributed by atoms with E-state index in [1.54, 1.807) is 24.3 Å². The zero-order chi connectivity index (χ0) is 13.7. The van der Waals surface area contributed by atoms with Crippen molar-refractivity contribution in [3.63, 3.8) is 0 Å². The summed E-state index contributed by atoms with van der Waals surface area (Å²) in [5.74, 6) is 0.349. The van der Waals surface area contributed by atoms with Gasteiger partial charge in [0, 0.05) is 17.1 Å². The zero-order valence-corrected chi connectivity index (χ0v) is 11.3. The van der Waals surface area contributed by atoms with Crippen LogP contribution in [0.2, 0.25) is 5.02 Å². The molecule has 7 heteroatoms. The van der Waals surface area contributed by atoms with Crippen molar-refractivity contribution in [2.45, 2.75) is 19.9 Å². The first-order valence-corrected chi connectivity index (χ1v) is 6.37. The van der Waals surface area contributed by atoms with Crippen LogP contribution in [0.15, 0.2) is 24.3 Å². The first kappa shape index (κ1) is 13.5. The Balaban J connectivity index is 2.02. The number of hydrogen-bond acceptors (Lipinski definition) is 4. The van der Waals surface area contributed by atoms with Gasteiger partial charge in [-0.3, -0.25) is 4.79 Å². The lowest BCUT2D eigenvalue weighted by Crippen LogP contribution is -2.29. The number of nitrogens with one attached hydrogen (secondary N) is 1. The van der Waals surface area contributed by atoms with E-state index in [0.717, 1.165) is 12.0 Å². The van der Waals surface area contributed by atoms with E-state index in [2.05, 4.69) is 20.7 Å². The van der Waals surface area contributed by atoms with Crippen molar-refractivity contribution in [2.75, 3.05) is 6.54 Å². The molecule has 1 aromatic heterocycles. The Morgan fingerprint density at radius 3 is 2.79 bits per heavy atom. The molecule has 100 valence electrons. The van der Waals surface area contributed by atoms with Crippen LogP contribution in [0.4, 0.5) is 0 Å². The van der Waals surface area contributed by atoms with Crippen LogP contribution in [0.5, 0.6) is 0 Å². The fourth-order valence-electron chi connectivity index (χ4n) is 1.47. The van der Waals surface area contributed by atoms with E-state index in [4.69, 9.17) is 11.6 Å². The lowest BCUT2D eigenvalue weighted by Gasteiger charge is -2.01. The minimum Gasteiger partial charge on any atom is -0.354 e. The van der Waals surface area contributed by atoms with Crippen LogP contribution in [-0.2, 0) is 11.3 Å². The Kier molecular flexibility index (Phi) is 4.46. The predicted molar refractivity (Wildman–Crippen MR) is 71.6 cm³/mol. The van der Waals surface area contributed by atoms with E-state index >= 15 is 0 Å². The molecule has 0 bridgehead atoms. The number of tetrazole rings is 1. The lowest BCUT2D eigenvalue weighted by molar-refractivity contribution is -0.122. The smallest absolute Gasteiger partial charge is 0.243 e. The number of amides is 1. The van der Waals surface area contributed by atoms with Crippen molar-refractivity contribution in [1.82, 2.24) is 25.5 Å².